The molecule has 1 heterocycles. The molecule has 2 rings (SSSR count). The topological polar surface area (TPSA) is 156 Å². The molecule has 12 nitrogen and oxygen atoms in total. The third-order valence-electron chi connectivity index (χ3n) is 11.2. The molecule has 0 spiro atoms. The zero-order chi connectivity index (χ0) is 43.7. The van der Waals surface area contributed by atoms with Gasteiger partial charge in [-0.3, -0.25) is 29.0 Å². The van der Waals surface area contributed by atoms with Gasteiger partial charge in [0, 0.05) is 6.54 Å². The Kier molecular flexibility index (Phi) is 29.3. The molecular formula is C47H79N3O9S. The van der Waals surface area contributed by atoms with Crippen molar-refractivity contribution in [2.75, 3.05) is 32.8 Å². The number of urea groups is 1. The van der Waals surface area contributed by atoms with Crippen molar-refractivity contribution in [3.05, 3.63) is 30.3 Å². The van der Waals surface area contributed by atoms with Crippen LogP contribution in [-0.4, -0.2) is 80.8 Å². The summed E-state index contributed by atoms with van der Waals surface area (Å²) in [6.45, 7) is 2.45. The van der Waals surface area contributed by atoms with E-state index in [1.807, 2.05) is 0 Å². The molecule has 1 saturated heterocycles. The van der Waals surface area contributed by atoms with E-state index >= 15 is 0 Å². The van der Waals surface area contributed by atoms with Gasteiger partial charge in [0.15, 0.2) is 0 Å². The third-order valence-corrected chi connectivity index (χ3v) is 12.7. The van der Waals surface area contributed by atoms with Gasteiger partial charge in [0.1, 0.15) is 19.0 Å². The summed E-state index contributed by atoms with van der Waals surface area (Å²) in [7, 11) is -4.13. The van der Waals surface area contributed by atoms with Crippen LogP contribution in [0.3, 0.4) is 0 Å². The summed E-state index contributed by atoms with van der Waals surface area (Å²) in [6, 6.07) is 6.26. The fourth-order valence-electron chi connectivity index (χ4n) is 7.47. The smallest absolute Gasteiger partial charge is 0.334 e. The number of hydrogen-bond donors (Lipinski definition) is 1. The molecule has 1 fully saturated rings. The zero-order valence-corrected chi connectivity index (χ0v) is 38.1. The lowest BCUT2D eigenvalue weighted by Crippen LogP contribution is -2.63. The Labute approximate surface area is 362 Å². The number of carbonyl (C=O) groups excluding carboxylic acids is 5. The Bertz CT molecular complexity index is 1390. The number of unbranched alkanes of at least 4 members (excludes halogenated alkanes) is 26. The maximum Gasteiger partial charge on any atom is 0.334 e. The van der Waals surface area contributed by atoms with Crippen molar-refractivity contribution in [3.63, 3.8) is 0 Å². The molecule has 342 valence electrons. The van der Waals surface area contributed by atoms with Gasteiger partial charge >= 0.3 is 18.0 Å². The van der Waals surface area contributed by atoms with Gasteiger partial charge in [0.05, 0.1) is 18.1 Å². The molecule has 0 aromatic heterocycles. The van der Waals surface area contributed by atoms with Crippen LogP contribution in [0.15, 0.2) is 35.2 Å². The molecule has 0 radical (unpaired) electrons. The molecule has 1 aromatic rings. The van der Waals surface area contributed by atoms with Crippen LogP contribution in [0.4, 0.5) is 4.79 Å². The molecule has 0 unspecified atom stereocenters. The van der Waals surface area contributed by atoms with E-state index in [0.717, 1.165) is 38.5 Å². The predicted octanol–water partition coefficient (Wildman–Crippen LogP) is 10.4. The van der Waals surface area contributed by atoms with E-state index in [9.17, 15) is 32.4 Å². The van der Waals surface area contributed by atoms with E-state index in [2.05, 4.69) is 18.6 Å². The second-order valence-corrected chi connectivity index (χ2v) is 18.2. The molecule has 1 aromatic carbocycles. The quantitative estimate of drug-likeness (QED) is 0.0388. The first-order valence-electron chi connectivity index (χ1n) is 23.6. The van der Waals surface area contributed by atoms with E-state index in [1.54, 1.807) is 6.07 Å². The standard InChI is InChI=1S/C47H79N3O9S/c1-3-5-7-9-11-13-15-17-19-21-23-25-27-32-36-58-43(51)39-49-45(53)42(38-48-60(56,57)41-34-30-29-31-35-41)46(54)50(47(49)55)40-44(52)59-37-33-28-26-24-22-20-18-16-14-12-10-8-6-4-2/h29-31,34-35,42,48H,3-28,32-33,36-40H2,1-2H3. The lowest BCUT2D eigenvalue weighted by molar-refractivity contribution is -0.158. The number of hydrogen-bond acceptors (Lipinski definition) is 9. The lowest BCUT2D eigenvalue weighted by Gasteiger charge is -2.35. The van der Waals surface area contributed by atoms with Gasteiger partial charge in [-0.25, -0.2) is 17.9 Å². The van der Waals surface area contributed by atoms with Crippen LogP contribution in [0.25, 0.3) is 0 Å². The Balaban J connectivity index is 1.79. The van der Waals surface area contributed by atoms with Gasteiger partial charge in [-0.05, 0) is 25.0 Å². The average molecular weight is 862 g/mol. The van der Waals surface area contributed by atoms with Crippen molar-refractivity contribution < 1.29 is 41.9 Å². The molecule has 0 bridgehead atoms. The predicted molar refractivity (Wildman–Crippen MR) is 236 cm³/mol. The molecule has 0 aliphatic carbocycles. The van der Waals surface area contributed by atoms with Crippen LogP contribution >= 0.6 is 0 Å². The summed E-state index contributed by atoms with van der Waals surface area (Å²) < 4.78 is 38.8. The van der Waals surface area contributed by atoms with E-state index in [-0.39, 0.29) is 18.1 Å². The number of sulfonamides is 1. The van der Waals surface area contributed by atoms with Crippen molar-refractivity contribution in [2.24, 2.45) is 5.92 Å². The van der Waals surface area contributed by atoms with Gasteiger partial charge in [-0.2, -0.15) is 0 Å². The fraction of sp³-hybridized carbons (Fsp3) is 0.766. The number of ether oxygens (including phenoxy) is 2. The number of amides is 4. The Hall–Kier alpha value is -3.32. The number of carbonyl (C=O) groups is 5. The van der Waals surface area contributed by atoms with Gasteiger partial charge in [0.2, 0.25) is 21.8 Å². The highest BCUT2D eigenvalue weighted by Crippen LogP contribution is 2.20. The molecule has 4 amide bonds. The first kappa shape index (κ1) is 52.8. The van der Waals surface area contributed by atoms with Gasteiger partial charge < -0.3 is 9.47 Å². The third kappa shape index (κ3) is 23.0. The molecule has 13 heteroatoms. The second-order valence-electron chi connectivity index (χ2n) is 16.5. The number of benzene rings is 1. The van der Waals surface area contributed by atoms with Crippen molar-refractivity contribution in [2.45, 2.75) is 199 Å². The summed E-state index contributed by atoms with van der Waals surface area (Å²) >= 11 is 0. The Morgan fingerprint density at radius 3 is 1.17 bits per heavy atom. The van der Waals surface area contributed by atoms with Gasteiger partial charge in [0.25, 0.3) is 0 Å². The largest absolute Gasteiger partial charge is 0.464 e. The minimum atomic E-state index is -4.13. The van der Waals surface area contributed by atoms with Crippen molar-refractivity contribution in [1.82, 2.24) is 14.5 Å². The summed E-state index contributed by atoms with van der Waals surface area (Å²) in [5.41, 5.74) is 0. The molecule has 1 aliphatic rings. The van der Waals surface area contributed by atoms with Gasteiger partial charge in [-0.15, -0.1) is 0 Å². The summed E-state index contributed by atoms with van der Waals surface area (Å²) in [4.78, 5) is 67.2. The number of nitrogens with one attached hydrogen (secondary N) is 1. The normalized spacial score (nSPS) is 13.7. The highest BCUT2D eigenvalue weighted by molar-refractivity contribution is 7.89. The summed E-state index contributed by atoms with van der Waals surface area (Å²) in [6.07, 6.45) is 33.1. The molecule has 1 N–H and O–H groups in total. The van der Waals surface area contributed by atoms with Gasteiger partial charge in [-0.1, -0.05) is 199 Å². The highest BCUT2D eigenvalue weighted by atomic mass is 32.2. The molecular weight excluding hydrogens is 783 g/mol. The van der Waals surface area contributed by atoms with Crippen molar-refractivity contribution >= 4 is 39.8 Å². The number of esters is 2. The SMILES string of the molecule is CCCCCCCCCCCCCCCCOC(=O)CN1C(=O)C(CNS(=O)(=O)c2ccccc2)C(=O)N(CC(=O)OCCCCCCCCCCCCCCCC)C1=O. The van der Waals surface area contributed by atoms with E-state index < -0.39 is 65.4 Å². The maximum atomic E-state index is 13.5. The number of imide groups is 2. The first-order chi connectivity index (χ1) is 29.1. The summed E-state index contributed by atoms with van der Waals surface area (Å²) in [5.74, 6) is -5.49. The molecule has 0 saturated carbocycles. The van der Waals surface area contributed by atoms with Crippen molar-refractivity contribution in [1.29, 1.82) is 0 Å². The number of rotatable bonds is 38. The van der Waals surface area contributed by atoms with Crippen LogP contribution in [0.2, 0.25) is 0 Å². The second kappa shape index (κ2) is 33.3. The molecule has 60 heavy (non-hydrogen) atoms. The van der Waals surface area contributed by atoms with Crippen LogP contribution in [0.1, 0.15) is 194 Å². The minimum Gasteiger partial charge on any atom is -0.464 e. The number of barbiturate groups is 1. The molecule has 0 atom stereocenters. The lowest BCUT2D eigenvalue weighted by atomic mass is 10.0. The summed E-state index contributed by atoms with van der Waals surface area (Å²) in [5, 5.41) is 0. The first-order valence-corrected chi connectivity index (χ1v) is 25.1. The van der Waals surface area contributed by atoms with Crippen LogP contribution in [-0.2, 0) is 38.7 Å². The zero-order valence-electron chi connectivity index (χ0n) is 37.3. The van der Waals surface area contributed by atoms with Crippen LogP contribution in [0, 0.1) is 5.92 Å². The van der Waals surface area contributed by atoms with Crippen molar-refractivity contribution in [3.8, 4) is 0 Å². The molecule has 1 aliphatic heterocycles. The Morgan fingerprint density at radius 2 is 0.833 bits per heavy atom. The van der Waals surface area contributed by atoms with E-state index in [4.69, 9.17) is 9.47 Å². The monoisotopic (exact) mass is 862 g/mol. The average Bonchev–Trinajstić information content (AvgIpc) is 3.24. The fourth-order valence-corrected chi connectivity index (χ4v) is 8.54. The van der Waals surface area contributed by atoms with Crippen LogP contribution < -0.4 is 4.72 Å². The number of nitrogens with zero attached hydrogens (tertiary/aromatic N) is 2. The van der Waals surface area contributed by atoms with Crippen LogP contribution in [0.5, 0.6) is 0 Å². The van der Waals surface area contributed by atoms with E-state index in [1.165, 1.54) is 153 Å². The Morgan fingerprint density at radius 1 is 0.517 bits per heavy atom. The maximum absolute atomic E-state index is 13.5. The highest BCUT2D eigenvalue weighted by Gasteiger charge is 2.47. The van der Waals surface area contributed by atoms with E-state index in [0.29, 0.717) is 22.6 Å². The minimum absolute atomic E-state index is 0.0790.